The Balaban J connectivity index is 2.34. The van der Waals surface area contributed by atoms with Crippen molar-refractivity contribution in [1.29, 1.82) is 0 Å². The molecule has 2 aromatic heterocycles. The highest BCUT2D eigenvalue weighted by Crippen LogP contribution is 2.46. The third kappa shape index (κ3) is 1.67. The fraction of sp³-hybridized carbons (Fsp3) is 0.385. The topological polar surface area (TPSA) is 58.4 Å². The Labute approximate surface area is 115 Å². The molecule has 0 aliphatic heterocycles. The minimum absolute atomic E-state index is 0.463. The number of aryl methyl sites for hydroxylation is 2. The van der Waals surface area contributed by atoms with Crippen LogP contribution in [0.4, 0.5) is 5.00 Å². The van der Waals surface area contributed by atoms with Crippen LogP contribution in [0.2, 0.25) is 0 Å². The van der Waals surface area contributed by atoms with Gasteiger partial charge in [-0.1, -0.05) is 0 Å². The molecular formula is C13H15N3O2S. The summed E-state index contributed by atoms with van der Waals surface area (Å²) in [6.45, 7) is 0. The van der Waals surface area contributed by atoms with E-state index in [-0.39, 0.29) is 0 Å². The molecule has 0 bridgehead atoms. The number of aromatic carboxylic acids is 1. The molecule has 1 aliphatic rings. The Morgan fingerprint density at radius 1 is 1.47 bits per heavy atom. The van der Waals surface area contributed by atoms with Crippen molar-refractivity contribution in [3.05, 3.63) is 22.2 Å². The van der Waals surface area contributed by atoms with Gasteiger partial charge < -0.3 is 10.0 Å². The Morgan fingerprint density at radius 2 is 2.21 bits per heavy atom. The van der Waals surface area contributed by atoms with Crippen LogP contribution in [-0.2, 0) is 19.9 Å². The summed E-state index contributed by atoms with van der Waals surface area (Å²) in [6.07, 6.45) is 3.52. The van der Waals surface area contributed by atoms with Crippen LogP contribution in [0.15, 0.2) is 6.20 Å². The molecule has 0 saturated heterocycles. The van der Waals surface area contributed by atoms with E-state index < -0.39 is 5.97 Å². The zero-order valence-corrected chi connectivity index (χ0v) is 11.9. The Hall–Kier alpha value is -1.82. The van der Waals surface area contributed by atoms with Gasteiger partial charge in [0, 0.05) is 26.7 Å². The molecule has 2 aromatic rings. The minimum Gasteiger partial charge on any atom is -0.477 e. The smallest absolute Gasteiger partial charge is 0.346 e. The Kier molecular flexibility index (Phi) is 2.63. The van der Waals surface area contributed by atoms with E-state index in [9.17, 15) is 9.90 Å². The van der Waals surface area contributed by atoms with E-state index in [1.54, 1.807) is 0 Å². The number of anilines is 1. The number of hydrogen-bond donors (Lipinski definition) is 1. The summed E-state index contributed by atoms with van der Waals surface area (Å²) in [4.78, 5) is 13.9. The summed E-state index contributed by atoms with van der Waals surface area (Å²) in [5.41, 5.74) is 4.27. The highest BCUT2D eigenvalue weighted by Gasteiger charge is 2.30. The molecule has 0 radical (unpaired) electrons. The molecule has 0 aromatic carbocycles. The van der Waals surface area contributed by atoms with Gasteiger partial charge in [0.1, 0.15) is 9.88 Å². The van der Waals surface area contributed by atoms with Crippen molar-refractivity contribution in [2.24, 2.45) is 7.05 Å². The van der Waals surface area contributed by atoms with Gasteiger partial charge >= 0.3 is 5.97 Å². The van der Waals surface area contributed by atoms with Crippen molar-refractivity contribution >= 4 is 22.3 Å². The first-order valence-electron chi connectivity index (χ1n) is 6.08. The fourth-order valence-electron chi connectivity index (χ4n) is 2.67. The number of fused-ring (bicyclic) bond motifs is 3. The number of hydrogen-bond acceptors (Lipinski definition) is 4. The minimum atomic E-state index is -0.833. The van der Waals surface area contributed by atoms with Gasteiger partial charge in [0.05, 0.1) is 11.9 Å². The molecule has 5 nitrogen and oxygen atoms in total. The monoisotopic (exact) mass is 277 g/mol. The van der Waals surface area contributed by atoms with E-state index in [1.807, 2.05) is 36.9 Å². The van der Waals surface area contributed by atoms with Gasteiger partial charge in [-0.3, -0.25) is 4.68 Å². The zero-order chi connectivity index (χ0) is 13.7. The second-order valence-corrected chi connectivity index (χ2v) is 5.93. The lowest BCUT2D eigenvalue weighted by Crippen LogP contribution is -2.12. The number of nitrogens with zero attached hydrogens (tertiary/aromatic N) is 3. The van der Waals surface area contributed by atoms with Gasteiger partial charge in [-0.05, 0) is 24.0 Å². The summed E-state index contributed by atoms with van der Waals surface area (Å²) in [5.74, 6) is -0.833. The van der Waals surface area contributed by atoms with Crippen molar-refractivity contribution in [2.45, 2.75) is 12.8 Å². The molecular weight excluding hydrogens is 262 g/mol. The number of carboxylic acids is 1. The molecule has 6 heteroatoms. The molecule has 100 valence electrons. The molecule has 0 saturated carbocycles. The molecule has 0 atom stereocenters. The summed E-state index contributed by atoms with van der Waals surface area (Å²) >= 11 is 1.35. The SMILES string of the molecule is CN(C)c1sc(C(=O)O)c2c1-c1c(cnn1C)CC2. The number of aromatic nitrogens is 2. The first-order chi connectivity index (χ1) is 9.00. The van der Waals surface area contributed by atoms with Crippen molar-refractivity contribution in [3.8, 4) is 11.3 Å². The highest BCUT2D eigenvalue weighted by molar-refractivity contribution is 7.18. The summed E-state index contributed by atoms with van der Waals surface area (Å²) in [5, 5.41) is 14.7. The van der Waals surface area contributed by atoms with Gasteiger partial charge in [-0.15, -0.1) is 11.3 Å². The van der Waals surface area contributed by atoms with Crippen molar-refractivity contribution < 1.29 is 9.90 Å². The molecule has 1 aliphatic carbocycles. The van der Waals surface area contributed by atoms with E-state index in [0.717, 1.165) is 34.7 Å². The van der Waals surface area contributed by atoms with Crippen molar-refractivity contribution in [1.82, 2.24) is 9.78 Å². The van der Waals surface area contributed by atoms with E-state index in [2.05, 4.69) is 5.10 Å². The lowest BCUT2D eigenvalue weighted by atomic mass is 9.91. The molecule has 0 amide bonds. The molecule has 0 fully saturated rings. The highest BCUT2D eigenvalue weighted by atomic mass is 32.1. The standard InChI is InChI=1S/C13H15N3O2S/c1-15(2)12-9-8(11(19-12)13(17)18)5-4-7-6-14-16(3)10(7)9/h6H,4-5H2,1-3H3,(H,17,18). The van der Waals surface area contributed by atoms with Crippen LogP contribution in [0.25, 0.3) is 11.3 Å². The number of thiophene rings is 1. The van der Waals surface area contributed by atoms with E-state index >= 15 is 0 Å². The first kappa shape index (κ1) is 12.2. The second-order valence-electron chi connectivity index (χ2n) is 4.93. The normalized spacial score (nSPS) is 13.0. The predicted octanol–water partition coefficient (Wildman–Crippen LogP) is 2.01. The van der Waals surface area contributed by atoms with Gasteiger partial charge in [-0.2, -0.15) is 5.10 Å². The number of carboxylic acid groups (broad SMARTS) is 1. The Morgan fingerprint density at radius 3 is 2.84 bits per heavy atom. The molecule has 1 N–H and O–H groups in total. The average Bonchev–Trinajstić information content (AvgIpc) is 2.89. The second kappa shape index (κ2) is 4.09. The summed E-state index contributed by atoms with van der Waals surface area (Å²) in [6, 6.07) is 0. The van der Waals surface area contributed by atoms with E-state index in [4.69, 9.17) is 0 Å². The predicted molar refractivity (Wildman–Crippen MR) is 75.2 cm³/mol. The average molecular weight is 277 g/mol. The maximum atomic E-state index is 11.4. The van der Waals surface area contributed by atoms with Gasteiger partial charge in [-0.25, -0.2) is 4.79 Å². The lowest BCUT2D eigenvalue weighted by Gasteiger charge is -2.18. The molecule has 0 unspecified atom stereocenters. The van der Waals surface area contributed by atoms with Gasteiger partial charge in [0.2, 0.25) is 0 Å². The van der Waals surface area contributed by atoms with Crippen LogP contribution in [0.5, 0.6) is 0 Å². The van der Waals surface area contributed by atoms with Gasteiger partial charge in [0.25, 0.3) is 0 Å². The summed E-state index contributed by atoms with van der Waals surface area (Å²) in [7, 11) is 5.80. The molecule has 0 spiro atoms. The third-order valence-electron chi connectivity index (χ3n) is 3.48. The van der Waals surface area contributed by atoms with Crippen LogP contribution >= 0.6 is 11.3 Å². The maximum absolute atomic E-state index is 11.4. The van der Waals surface area contributed by atoms with Crippen molar-refractivity contribution in [2.75, 3.05) is 19.0 Å². The molecule has 3 rings (SSSR count). The van der Waals surface area contributed by atoms with Crippen LogP contribution in [0.1, 0.15) is 20.8 Å². The quantitative estimate of drug-likeness (QED) is 0.912. The fourth-order valence-corrected chi connectivity index (χ4v) is 3.78. The Bertz CT molecular complexity index is 670. The van der Waals surface area contributed by atoms with Crippen LogP contribution in [0.3, 0.4) is 0 Å². The first-order valence-corrected chi connectivity index (χ1v) is 6.90. The maximum Gasteiger partial charge on any atom is 0.346 e. The van der Waals surface area contributed by atoms with Crippen LogP contribution in [0, 0.1) is 0 Å². The third-order valence-corrected chi connectivity index (χ3v) is 4.87. The van der Waals surface area contributed by atoms with Crippen molar-refractivity contribution in [3.63, 3.8) is 0 Å². The number of rotatable bonds is 2. The van der Waals surface area contributed by atoms with E-state index in [0.29, 0.717) is 4.88 Å². The van der Waals surface area contributed by atoms with Gasteiger partial charge in [0.15, 0.2) is 0 Å². The van der Waals surface area contributed by atoms with E-state index in [1.165, 1.54) is 16.9 Å². The molecule has 19 heavy (non-hydrogen) atoms. The molecule has 2 heterocycles. The largest absolute Gasteiger partial charge is 0.477 e. The van der Waals surface area contributed by atoms with Crippen LogP contribution < -0.4 is 4.90 Å². The summed E-state index contributed by atoms with van der Waals surface area (Å²) < 4.78 is 1.85. The zero-order valence-electron chi connectivity index (χ0n) is 11.1. The lowest BCUT2D eigenvalue weighted by molar-refractivity contribution is 0.0701. The van der Waals surface area contributed by atoms with Crippen LogP contribution in [-0.4, -0.2) is 35.0 Å². The number of carbonyl (C=O) groups is 1.